The molecule has 38 heteroatoms. The number of rotatable bonds is 18. The van der Waals surface area contributed by atoms with Crippen LogP contribution in [0.15, 0.2) is 149 Å². The van der Waals surface area contributed by atoms with Crippen molar-refractivity contribution in [3.63, 3.8) is 0 Å². The van der Waals surface area contributed by atoms with Gasteiger partial charge in [-0.2, -0.15) is 73.8 Å². The third-order valence-electron chi connectivity index (χ3n) is 11.3. The fraction of sp³-hybridized carbons (Fsp3) is 0. The van der Waals surface area contributed by atoms with Gasteiger partial charge >= 0.3 is 11.9 Å². The Labute approximate surface area is 479 Å². The Hall–Kier alpha value is -9.76. The molecule has 2 heterocycles. The number of nitrogens with zero attached hydrogens (tertiary/aromatic N) is 10. The first-order chi connectivity index (χ1) is 39.4. The lowest BCUT2D eigenvalue weighted by molar-refractivity contribution is 0.0686. The van der Waals surface area contributed by atoms with E-state index in [1.54, 1.807) is 0 Å². The molecule has 0 saturated heterocycles. The van der Waals surface area contributed by atoms with Crippen molar-refractivity contribution in [3.8, 4) is 11.5 Å². The van der Waals surface area contributed by atoms with Crippen LogP contribution >= 0.6 is 23.2 Å². The van der Waals surface area contributed by atoms with Crippen molar-refractivity contribution in [2.45, 2.75) is 19.6 Å². The zero-order valence-corrected chi connectivity index (χ0v) is 45.7. The number of phenols is 2. The fourth-order valence-electron chi connectivity index (χ4n) is 7.61. The van der Waals surface area contributed by atoms with Gasteiger partial charge < -0.3 is 41.7 Å². The zero-order valence-electron chi connectivity index (χ0n) is 40.9. The monoisotopic (exact) mass is 1260 g/mol. The second-order valence-electron chi connectivity index (χ2n) is 16.9. The van der Waals surface area contributed by atoms with E-state index >= 15 is 0 Å². The van der Waals surface area contributed by atoms with E-state index in [4.69, 9.17) is 23.2 Å². The molecule has 9 aromatic rings. The third-order valence-corrected chi connectivity index (χ3v) is 15.1. The summed E-state index contributed by atoms with van der Waals surface area (Å²) >= 11 is 12.4. The number of hydrogen-bond acceptors (Lipinski definition) is 26. The minimum Gasteiger partial charge on any atom is -0.505 e. The summed E-state index contributed by atoms with van der Waals surface area (Å²) < 4.78 is 136. The Morgan fingerprint density at radius 2 is 0.762 bits per heavy atom. The molecule has 0 fully saturated rings. The lowest BCUT2D eigenvalue weighted by Gasteiger charge is -2.15. The van der Waals surface area contributed by atoms with Crippen LogP contribution in [-0.4, -0.2) is 114 Å². The van der Waals surface area contributed by atoms with E-state index in [1.807, 2.05) is 0 Å². The number of phenolic OH excluding ortho intramolecular Hbond substituents is 2. The van der Waals surface area contributed by atoms with E-state index < -0.39 is 128 Å². The lowest BCUT2D eigenvalue weighted by Crippen LogP contribution is -2.08. The normalized spacial score (nSPS) is 12.3. The minimum absolute atomic E-state index is 0.0155. The number of aromatic nitrogens is 6. The Morgan fingerprint density at radius 3 is 1.08 bits per heavy atom. The molecule has 0 atom stereocenters. The van der Waals surface area contributed by atoms with Gasteiger partial charge in [-0.3, -0.25) is 18.2 Å². The van der Waals surface area contributed by atoms with Crippen LogP contribution < -0.4 is 21.3 Å². The van der Waals surface area contributed by atoms with E-state index in [-0.39, 0.29) is 56.2 Å². The second kappa shape index (κ2) is 22.5. The number of aromatic hydroxyl groups is 2. The molecule has 0 bridgehead atoms. The molecule has 84 heavy (non-hydrogen) atoms. The maximum Gasteiger partial charge on any atom is 0.338 e. The van der Waals surface area contributed by atoms with Crippen molar-refractivity contribution in [1.82, 2.24) is 29.9 Å². The van der Waals surface area contributed by atoms with E-state index in [2.05, 4.69) is 71.6 Å². The molecule has 0 radical (unpaired) electrons. The van der Waals surface area contributed by atoms with Gasteiger partial charge in [-0.1, -0.05) is 0 Å². The van der Waals surface area contributed by atoms with Crippen LogP contribution in [0.4, 0.5) is 69.3 Å². The van der Waals surface area contributed by atoms with Gasteiger partial charge in [-0.15, -0.1) is 10.2 Å². The van der Waals surface area contributed by atoms with Crippen molar-refractivity contribution >= 4 is 166 Å². The Kier molecular flexibility index (Phi) is 15.8. The summed E-state index contributed by atoms with van der Waals surface area (Å²) in [5.41, 5.74) is -2.57. The van der Waals surface area contributed by atoms with E-state index in [1.165, 1.54) is 60.7 Å². The highest BCUT2D eigenvalue weighted by molar-refractivity contribution is 7.86. The summed E-state index contributed by atoms with van der Waals surface area (Å²) in [4.78, 5) is 44.7. The van der Waals surface area contributed by atoms with Crippen LogP contribution in [0.5, 0.6) is 11.5 Å². The minimum atomic E-state index is -5.15. The number of carbonyl (C=O) groups is 2. The lowest BCUT2D eigenvalue weighted by atomic mass is 10.1. The van der Waals surface area contributed by atoms with Gasteiger partial charge in [0.2, 0.25) is 34.4 Å². The van der Waals surface area contributed by atoms with E-state index in [0.717, 1.165) is 36.4 Å². The van der Waals surface area contributed by atoms with Crippen molar-refractivity contribution in [3.05, 3.63) is 131 Å². The Morgan fingerprint density at radius 1 is 0.417 bits per heavy atom. The first-order valence-electron chi connectivity index (χ1n) is 22.5. The highest BCUT2D eigenvalue weighted by Crippen LogP contribution is 2.43. The van der Waals surface area contributed by atoms with Gasteiger partial charge in [-0.05, 0) is 143 Å². The number of aromatic carboxylic acids is 2. The van der Waals surface area contributed by atoms with Crippen LogP contribution in [0.3, 0.4) is 0 Å². The van der Waals surface area contributed by atoms with Gasteiger partial charge in [0, 0.05) is 22.1 Å². The number of fused-ring (bicyclic) bond motifs is 2. The molecule has 32 nitrogen and oxygen atoms in total. The molecule has 2 aromatic heterocycles. The van der Waals surface area contributed by atoms with Gasteiger partial charge in [0.15, 0.2) is 0 Å². The summed E-state index contributed by atoms with van der Waals surface area (Å²) in [6.45, 7) is 0. The second-order valence-corrected chi connectivity index (χ2v) is 23.2. The van der Waals surface area contributed by atoms with Crippen molar-refractivity contribution < 1.29 is 81.9 Å². The average molecular weight is 1270 g/mol. The molecule has 430 valence electrons. The average Bonchev–Trinajstić information content (AvgIpc) is 1.20. The summed E-state index contributed by atoms with van der Waals surface area (Å²) in [5.74, 6) is -6.01. The number of nitrogens with one attached hydrogen (secondary N) is 4. The van der Waals surface area contributed by atoms with Gasteiger partial charge in [0.05, 0.1) is 32.3 Å². The number of anilines is 8. The fourth-order valence-corrected chi connectivity index (χ4v) is 10.3. The van der Waals surface area contributed by atoms with Crippen molar-refractivity contribution in [1.29, 1.82) is 0 Å². The number of benzene rings is 7. The number of carboxylic acids is 2. The third kappa shape index (κ3) is 13.3. The first-order valence-corrected chi connectivity index (χ1v) is 29.0. The molecule has 0 spiro atoms. The highest BCUT2D eigenvalue weighted by Gasteiger charge is 2.26. The molecule has 0 aliphatic heterocycles. The Bertz CT molecular complexity index is 4520. The molecular weight excluding hydrogens is 1240 g/mol. The van der Waals surface area contributed by atoms with Crippen LogP contribution in [-0.2, 0) is 40.5 Å². The van der Waals surface area contributed by atoms with Gasteiger partial charge in [-0.25, -0.2) is 9.59 Å². The predicted octanol–water partition coefficient (Wildman–Crippen LogP) is 9.27. The summed E-state index contributed by atoms with van der Waals surface area (Å²) in [7, 11) is -19.8. The largest absolute Gasteiger partial charge is 0.505 e. The maximum absolute atomic E-state index is 12.7. The van der Waals surface area contributed by atoms with E-state index in [9.17, 15) is 81.9 Å². The number of hydrogen-bond donors (Lipinski definition) is 12. The van der Waals surface area contributed by atoms with Crippen molar-refractivity contribution in [2.75, 3.05) is 21.3 Å². The van der Waals surface area contributed by atoms with Crippen molar-refractivity contribution in [2.24, 2.45) is 20.5 Å². The standard InChI is InChI=1S/C46H30Cl2N14O18S4/c47-41-53-43(57-45(55-41)51-35-33(83(75,76)77)15-19-13-23(5-9-27(19)37(35)63)59-61-31-11-7-25(81(69,70)71)17-29(31)39(65)66)49-21-1-2-22(4-3-21)50-44-54-42(48)56-46(58-44)52-36-34(84(78,79)80)16-20-14-24(6-10-28(20)38(36)64)60-62-32-12-8-26(82(72,73)74)18-30(32)40(67)68/h1-18,63-64H,(H,65,66)(H,67,68)(H,69,70,71)(H,72,73,74)(H,75,76,77)(H,78,79,80)(H2,49,51,53,55,57)(H2,50,52,54,56,58). The van der Waals surface area contributed by atoms with Gasteiger partial charge in [0.1, 0.15) is 44.0 Å². The zero-order chi connectivity index (χ0) is 60.8. The molecular formula is C46H30Cl2N14O18S4. The van der Waals surface area contributed by atoms with E-state index in [0.29, 0.717) is 23.5 Å². The molecule has 0 amide bonds. The number of carboxylic acid groups (broad SMARTS) is 2. The predicted molar refractivity (Wildman–Crippen MR) is 295 cm³/mol. The Balaban J connectivity index is 0.913. The molecule has 0 aliphatic rings. The molecule has 12 N–H and O–H groups in total. The number of azo groups is 2. The molecule has 0 aliphatic carbocycles. The van der Waals surface area contributed by atoms with Crippen LogP contribution in [0, 0.1) is 0 Å². The summed E-state index contributed by atoms with van der Waals surface area (Å²) in [5, 5.41) is 67.2. The number of halogens is 2. The van der Waals surface area contributed by atoms with Crippen LogP contribution in [0.2, 0.25) is 10.6 Å². The maximum atomic E-state index is 12.7. The highest BCUT2D eigenvalue weighted by atomic mass is 35.5. The van der Waals surface area contributed by atoms with Gasteiger partial charge in [0.25, 0.3) is 40.5 Å². The molecule has 0 unspecified atom stereocenters. The quantitative estimate of drug-likeness (QED) is 0.0216. The van der Waals surface area contributed by atoms with Crippen LogP contribution in [0.25, 0.3) is 21.5 Å². The molecule has 9 rings (SSSR count). The smallest absolute Gasteiger partial charge is 0.338 e. The molecule has 0 saturated carbocycles. The van der Waals surface area contributed by atoms with Crippen LogP contribution in [0.1, 0.15) is 20.7 Å². The topological polar surface area (TPSA) is 507 Å². The molecule has 7 aromatic carbocycles. The first kappa shape index (κ1) is 58.9. The summed E-state index contributed by atoms with van der Waals surface area (Å²) in [6, 6.07) is 20.5. The SMILES string of the molecule is O=C(O)c1cc(S(=O)(=O)O)ccc1N=Nc1ccc2c(O)c(Nc3nc(Cl)nc(Nc4ccc(Nc5nc(Cl)nc(Nc6c(S(=O)(=O)O)cc7cc(N=Nc8ccc(S(=O)(=O)O)cc8C(=O)O)ccc7c6O)n5)cc4)n3)c(S(=O)(=O)O)cc2c1. The summed E-state index contributed by atoms with van der Waals surface area (Å²) in [6.07, 6.45) is 0.